The zero-order chi connectivity index (χ0) is 19.1. The molecule has 0 unspecified atom stereocenters. The summed E-state index contributed by atoms with van der Waals surface area (Å²) in [5.74, 6) is -0.0316. The van der Waals surface area contributed by atoms with E-state index in [1.807, 2.05) is 49.8 Å². The number of nitrogens with one attached hydrogen (secondary N) is 1. The Morgan fingerprint density at radius 1 is 1.15 bits per heavy atom. The summed E-state index contributed by atoms with van der Waals surface area (Å²) in [6.45, 7) is 6.08. The fraction of sp³-hybridized carbons (Fsp3) is 0.300. The molecule has 138 valence electrons. The lowest BCUT2D eigenvalue weighted by Gasteiger charge is -2.11. The molecule has 0 aliphatic heterocycles. The molecular weight excluding hydrogens is 358 g/mol. The standard InChI is InChI=1S/C20H21N5OS/c1-11-14(12(2)21-19-18(11)13(3)24-25(19)4)9-10-17(26)23-20-22-15-7-5-6-8-16(15)27-20/h5-8H,9-10H2,1-4H3,(H,22,23,26). The predicted octanol–water partition coefficient (Wildman–Crippen LogP) is 4.07. The largest absolute Gasteiger partial charge is 0.302 e. The van der Waals surface area contributed by atoms with E-state index in [2.05, 4.69) is 22.3 Å². The smallest absolute Gasteiger partial charge is 0.226 e. The number of nitrogens with zero attached hydrogens (tertiary/aromatic N) is 4. The highest BCUT2D eigenvalue weighted by molar-refractivity contribution is 7.22. The number of carbonyl (C=O) groups is 1. The highest BCUT2D eigenvalue weighted by atomic mass is 32.1. The highest BCUT2D eigenvalue weighted by Gasteiger charge is 2.16. The number of aryl methyl sites for hydroxylation is 4. The average molecular weight is 379 g/mol. The lowest BCUT2D eigenvalue weighted by atomic mass is 9.99. The number of rotatable bonds is 4. The van der Waals surface area contributed by atoms with Crippen molar-refractivity contribution >= 4 is 43.6 Å². The summed E-state index contributed by atoms with van der Waals surface area (Å²) in [6.07, 6.45) is 1.04. The maximum absolute atomic E-state index is 12.4. The van der Waals surface area contributed by atoms with E-state index >= 15 is 0 Å². The first-order valence-electron chi connectivity index (χ1n) is 8.89. The summed E-state index contributed by atoms with van der Waals surface area (Å²) in [7, 11) is 1.91. The van der Waals surface area contributed by atoms with Crippen LogP contribution in [0.25, 0.3) is 21.3 Å². The average Bonchev–Trinajstić information content (AvgIpc) is 3.14. The van der Waals surface area contributed by atoms with Crippen molar-refractivity contribution in [1.82, 2.24) is 19.7 Å². The van der Waals surface area contributed by atoms with Gasteiger partial charge in [-0.05, 0) is 50.5 Å². The van der Waals surface area contributed by atoms with Gasteiger partial charge < -0.3 is 5.32 Å². The number of carbonyl (C=O) groups excluding carboxylic acids is 1. The molecule has 0 atom stereocenters. The van der Waals surface area contributed by atoms with Crippen LogP contribution in [0.2, 0.25) is 0 Å². The second-order valence-electron chi connectivity index (χ2n) is 6.74. The van der Waals surface area contributed by atoms with Crippen LogP contribution in [0.5, 0.6) is 0 Å². The summed E-state index contributed by atoms with van der Waals surface area (Å²) >= 11 is 1.49. The van der Waals surface area contributed by atoms with Crippen LogP contribution < -0.4 is 5.32 Å². The molecule has 0 aliphatic carbocycles. The second-order valence-corrected chi connectivity index (χ2v) is 7.77. The first kappa shape index (κ1) is 17.6. The van der Waals surface area contributed by atoms with Crippen LogP contribution in [-0.4, -0.2) is 25.7 Å². The fourth-order valence-electron chi connectivity index (χ4n) is 3.58. The Hall–Kier alpha value is -2.80. The minimum absolute atomic E-state index is 0.0316. The third-order valence-corrected chi connectivity index (χ3v) is 5.82. The van der Waals surface area contributed by atoms with Gasteiger partial charge in [0.05, 0.1) is 15.9 Å². The third-order valence-electron chi connectivity index (χ3n) is 4.87. The van der Waals surface area contributed by atoms with E-state index in [-0.39, 0.29) is 5.91 Å². The Morgan fingerprint density at radius 2 is 1.93 bits per heavy atom. The van der Waals surface area contributed by atoms with Gasteiger partial charge in [-0.1, -0.05) is 23.5 Å². The topological polar surface area (TPSA) is 72.7 Å². The predicted molar refractivity (Wildman–Crippen MR) is 109 cm³/mol. The molecular formula is C20H21N5OS. The zero-order valence-corrected chi connectivity index (χ0v) is 16.6. The number of thiazole rings is 1. The molecule has 3 aromatic heterocycles. The van der Waals surface area contributed by atoms with Gasteiger partial charge in [-0.15, -0.1) is 0 Å². The molecule has 1 aromatic carbocycles. The molecule has 4 rings (SSSR count). The Bertz CT molecular complexity index is 1140. The van der Waals surface area contributed by atoms with E-state index in [0.29, 0.717) is 18.0 Å². The minimum Gasteiger partial charge on any atom is -0.302 e. The highest BCUT2D eigenvalue weighted by Crippen LogP contribution is 2.27. The number of fused-ring (bicyclic) bond motifs is 2. The summed E-state index contributed by atoms with van der Waals surface area (Å²) in [4.78, 5) is 21.6. The van der Waals surface area contributed by atoms with Crippen molar-refractivity contribution in [3.8, 4) is 0 Å². The van der Waals surface area contributed by atoms with Crippen molar-refractivity contribution in [2.75, 3.05) is 5.32 Å². The van der Waals surface area contributed by atoms with Gasteiger partial charge in [-0.3, -0.25) is 9.48 Å². The van der Waals surface area contributed by atoms with Gasteiger partial charge in [-0.2, -0.15) is 5.10 Å². The molecule has 0 aliphatic rings. The number of pyridine rings is 1. The molecule has 7 heteroatoms. The lowest BCUT2D eigenvalue weighted by Crippen LogP contribution is -2.13. The molecule has 1 N–H and O–H groups in total. The van der Waals surface area contributed by atoms with Crippen LogP contribution in [0.15, 0.2) is 24.3 Å². The number of aromatic nitrogens is 4. The van der Waals surface area contributed by atoms with Gasteiger partial charge in [0, 0.05) is 24.5 Å². The molecule has 0 radical (unpaired) electrons. The van der Waals surface area contributed by atoms with Crippen molar-refractivity contribution in [3.05, 3.63) is 46.8 Å². The summed E-state index contributed by atoms with van der Waals surface area (Å²) in [5, 5.41) is 9.13. The molecule has 27 heavy (non-hydrogen) atoms. The van der Waals surface area contributed by atoms with Crippen molar-refractivity contribution < 1.29 is 4.79 Å². The minimum atomic E-state index is -0.0316. The Balaban J connectivity index is 1.52. The molecule has 0 bridgehead atoms. The second kappa shape index (κ2) is 6.74. The van der Waals surface area contributed by atoms with Gasteiger partial charge in [0.2, 0.25) is 5.91 Å². The maximum Gasteiger partial charge on any atom is 0.226 e. The lowest BCUT2D eigenvalue weighted by molar-refractivity contribution is -0.116. The van der Waals surface area contributed by atoms with E-state index < -0.39 is 0 Å². The SMILES string of the molecule is Cc1nc2c(c(C)nn2C)c(C)c1CCC(=O)Nc1nc2ccccc2s1. The Kier molecular flexibility index (Phi) is 4.39. The number of amides is 1. The maximum atomic E-state index is 12.4. The molecule has 0 fully saturated rings. The number of para-hydroxylation sites is 1. The molecule has 6 nitrogen and oxygen atoms in total. The number of benzene rings is 1. The van der Waals surface area contributed by atoms with Gasteiger partial charge >= 0.3 is 0 Å². The molecule has 0 spiro atoms. The van der Waals surface area contributed by atoms with Crippen LogP contribution in [0.1, 0.15) is 28.9 Å². The van der Waals surface area contributed by atoms with Crippen molar-refractivity contribution in [2.45, 2.75) is 33.6 Å². The first-order chi connectivity index (χ1) is 12.9. The van der Waals surface area contributed by atoms with E-state index in [0.717, 1.165) is 43.8 Å². The van der Waals surface area contributed by atoms with Crippen LogP contribution in [0.4, 0.5) is 5.13 Å². The molecule has 1 amide bonds. The molecule has 4 aromatic rings. The number of hydrogen-bond acceptors (Lipinski definition) is 5. The van der Waals surface area contributed by atoms with Crippen molar-refractivity contribution in [3.63, 3.8) is 0 Å². The quantitative estimate of drug-likeness (QED) is 0.580. The molecule has 0 saturated heterocycles. The van der Waals surface area contributed by atoms with Crippen LogP contribution in [0, 0.1) is 20.8 Å². The summed E-state index contributed by atoms with van der Waals surface area (Å²) in [6, 6.07) is 7.88. The summed E-state index contributed by atoms with van der Waals surface area (Å²) < 4.78 is 2.88. The van der Waals surface area contributed by atoms with E-state index in [1.54, 1.807) is 0 Å². The molecule has 3 heterocycles. The van der Waals surface area contributed by atoms with Gasteiger partial charge in [0.25, 0.3) is 0 Å². The third kappa shape index (κ3) is 3.19. The van der Waals surface area contributed by atoms with E-state index in [4.69, 9.17) is 4.98 Å². The number of anilines is 1. The Morgan fingerprint density at radius 3 is 2.70 bits per heavy atom. The molecule has 0 saturated carbocycles. The summed E-state index contributed by atoms with van der Waals surface area (Å²) in [5.41, 5.74) is 6.01. The van der Waals surface area contributed by atoms with E-state index in [9.17, 15) is 4.79 Å². The first-order valence-corrected chi connectivity index (χ1v) is 9.70. The van der Waals surface area contributed by atoms with Crippen molar-refractivity contribution in [2.24, 2.45) is 7.05 Å². The fourth-order valence-corrected chi connectivity index (χ4v) is 4.46. The van der Waals surface area contributed by atoms with Crippen LogP contribution >= 0.6 is 11.3 Å². The normalized spacial score (nSPS) is 11.4. The van der Waals surface area contributed by atoms with E-state index in [1.165, 1.54) is 11.3 Å². The van der Waals surface area contributed by atoms with Gasteiger partial charge in [-0.25, -0.2) is 9.97 Å². The van der Waals surface area contributed by atoms with Gasteiger partial charge in [0.1, 0.15) is 0 Å². The zero-order valence-electron chi connectivity index (χ0n) is 15.8. The van der Waals surface area contributed by atoms with Crippen LogP contribution in [0.3, 0.4) is 0 Å². The van der Waals surface area contributed by atoms with Gasteiger partial charge in [0.15, 0.2) is 10.8 Å². The number of hydrogen-bond donors (Lipinski definition) is 1. The van der Waals surface area contributed by atoms with Crippen molar-refractivity contribution in [1.29, 1.82) is 0 Å². The monoisotopic (exact) mass is 379 g/mol. The Labute approximate surface area is 161 Å². The van der Waals surface area contributed by atoms with Crippen LogP contribution in [-0.2, 0) is 18.3 Å².